The maximum Gasteiger partial charge on any atom is 0.266 e. The SMILES string of the molecule is CCS(=O)(=O)N1CCN(c2noc(-c3ccccc3)n2)CC1. The molecule has 0 unspecified atom stereocenters. The van der Waals surface area contributed by atoms with E-state index >= 15 is 0 Å². The normalized spacial score (nSPS) is 16.9. The quantitative estimate of drug-likeness (QED) is 0.842. The van der Waals surface area contributed by atoms with Crippen molar-refractivity contribution in [1.29, 1.82) is 0 Å². The van der Waals surface area contributed by atoms with Crippen LogP contribution in [-0.2, 0) is 10.0 Å². The zero-order valence-corrected chi connectivity index (χ0v) is 13.2. The molecule has 22 heavy (non-hydrogen) atoms. The number of hydrogen-bond donors (Lipinski definition) is 0. The molecule has 1 aliphatic heterocycles. The molecule has 7 nitrogen and oxygen atoms in total. The second-order valence-electron chi connectivity index (χ2n) is 5.05. The number of hydrogen-bond acceptors (Lipinski definition) is 6. The van der Waals surface area contributed by atoms with E-state index in [2.05, 4.69) is 10.1 Å². The van der Waals surface area contributed by atoms with Crippen LogP contribution in [-0.4, -0.2) is 54.8 Å². The summed E-state index contributed by atoms with van der Waals surface area (Å²) < 4.78 is 30.5. The van der Waals surface area contributed by atoms with Gasteiger partial charge in [-0.05, 0) is 24.2 Å². The van der Waals surface area contributed by atoms with Crippen LogP contribution in [0, 0.1) is 0 Å². The molecule has 0 saturated carbocycles. The highest BCUT2D eigenvalue weighted by Gasteiger charge is 2.27. The predicted octanol–water partition coefficient (Wildman–Crippen LogP) is 1.21. The number of rotatable bonds is 4. The van der Waals surface area contributed by atoms with Crippen LogP contribution in [0.15, 0.2) is 34.9 Å². The van der Waals surface area contributed by atoms with Gasteiger partial charge < -0.3 is 9.42 Å². The van der Waals surface area contributed by atoms with E-state index in [-0.39, 0.29) is 5.75 Å². The molecular weight excluding hydrogens is 304 g/mol. The Morgan fingerprint density at radius 1 is 1.14 bits per heavy atom. The molecule has 3 rings (SSSR count). The Balaban J connectivity index is 1.69. The third-order valence-electron chi connectivity index (χ3n) is 3.72. The van der Waals surface area contributed by atoms with Gasteiger partial charge in [-0.1, -0.05) is 18.2 Å². The number of anilines is 1. The van der Waals surface area contributed by atoms with Crippen LogP contribution < -0.4 is 4.90 Å². The Morgan fingerprint density at radius 2 is 1.82 bits per heavy atom. The lowest BCUT2D eigenvalue weighted by atomic mass is 10.2. The van der Waals surface area contributed by atoms with Gasteiger partial charge in [-0.15, -0.1) is 0 Å². The van der Waals surface area contributed by atoms with Crippen LogP contribution in [0.2, 0.25) is 0 Å². The summed E-state index contributed by atoms with van der Waals surface area (Å²) in [6.07, 6.45) is 0. The van der Waals surface area contributed by atoms with E-state index in [9.17, 15) is 8.42 Å². The summed E-state index contributed by atoms with van der Waals surface area (Å²) in [5, 5.41) is 4.00. The molecule has 1 aromatic carbocycles. The average Bonchev–Trinajstić information content (AvgIpc) is 3.06. The summed E-state index contributed by atoms with van der Waals surface area (Å²) in [6, 6.07) is 9.56. The molecule has 0 N–H and O–H groups in total. The van der Waals surface area contributed by atoms with Crippen molar-refractivity contribution in [1.82, 2.24) is 14.4 Å². The average molecular weight is 322 g/mol. The summed E-state index contributed by atoms with van der Waals surface area (Å²) in [4.78, 5) is 6.33. The van der Waals surface area contributed by atoms with Gasteiger partial charge in [0.15, 0.2) is 0 Å². The molecule has 0 atom stereocenters. The first-order valence-corrected chi connectivity index (χ1v) is 8.83. The highest BCUT2D eigenvalue weighted by molar-refractivity contribution is 7.89. The highest BCUT2D eigenvalue weighted by Crippen LogP contribution is 2.21. The first kappa shape index (κ1) is 15.0. The molecule has 1 aliphatic rings. The molecule has 1 fully saturated rings. The van der Waals surface area contributed by atoms with Gasteiger partial charge in [-0.3, -0.25) is 0 Å². The first-order chi connectivity index (χ1) is 10.6. The van der Waals surface area contributed by atoms with Crippen molar-refractivity contribution < 1.29 is 12.9 Å². The van der Waals surface area contributed by atoms with Crippen LogP contribution in [0.25, 0.3) is 11.5 Å². The molecular formula is C14H18N4O3S. The summed E-state index contributed by atoms with van der Waals surface area (Å²) in [5.74, 6) is 1.11. The van der Waals surface area contributed by atoms with E-state index in [1.807, 2.05) is 35.2 Å². The van der Waals surface area contributed by atoms with Gasteiger partial charge in [0.25, 0.3) is 11.8 Å². The van der Waals surface area contributed by atoms with E-state index in [0.29, 0.717) is 38.0 Å². The van der Waals surface area contributed by atoms with Crippen molar-refractivity contribution in [3.63, 3.8) is 0 Å². The Kier molecular flexibility index (Phi) is 4.12. The van der Waals surface area contributed by atoms with Crippen molar-refractivity contribution >= 4 is 16.0 Å². The number of piperazine rings is 1. The van der Waals surface area contributed by atoms with Gasteiger partial charge in [-0.2, -0.15) is 9.29 Å². The maximum absolute atomic E-state index is 11.8. The summed E-state index contributed by atoms with van der Waals surface area (Å²) in [7, 11) is -3.12. The lowest BCUT2D eigenvalue weighted by Gasteiger charge is -2.32. The molecule has 1 aromatic heterocycles. The van der Waals surface area contributed by atoms with Gasteiger partial charge in [0.05, 0.1) is 5.75 Å². The second-order valence-corrected chi connectivity index (χ2v) is 7.31. The fraction of sp³-hybridized carbons (Fsp3) is 0.429. The minimum atomic E-state index is -3.12. The molecule has 0 spiro atoms. The summed E-state index contributed by atoms with van der Waals surface area (Å²) >= 11 is 0. The van der Waals surface area contributed by atoms with Crippen LogP contribution in [0.4, 0.5) is 5.95 Å². The van der Waals surface area contributed by atoms with Crippen molar-refractivity contribution in [2.45, 2.75) is 6.92 Å². The van der Waals surface area contributed by atoms with Crippen molar-refractivity contribution in [3.05, 3.63) is 30.3 Å². The fourth-order valence-corrected chi connectivity index (χ4v) is 3.48. The van der Waals surface area contributed by atoms with Crippen LogP contribution in [0.1, 0.15) is 6.92 Å². The molecule has 118 valence electrons. The molecule has 0 aliphatic carbocycles. The smallest absolute Gasteiger partial charge is 0.266 e. The molecule has 1 saturated heterocycles. The van der Waals surface area contributed by atoms with Gasteiger partial charge in [-0.25, -0.2) is 8.42 Å². The topological polar surface area (TPSA) is 79.5 Å². The van der Waals surface area contributed by atoms with Gasteiger partial charge in [0, 0.05) is 31.7 Å². The minimum Gasteiger partial charge on any atom is -0.336 e. The molecule has 0 radical (unpaired) electrons. The lowest BCUT2D eigenvalue weighted by Crippen LogP contribution is -2.49. The van der Waals surface area contributed by atoms with E-state index in [4.69, 9.17) is 4.52 Å². The third-order valence-corrected chi connectivity index (χ3v) is 5.60. The standard InChI is InChI=1S/C14H18N4O3S/c1-2-22(19,20)18-10-8-17(9-11-18)14-15-13(21-16-14)12-6-4-3-5-7-12/h3-7H,2,8-11H2,1H3. The van der Waals surface area contributed by atoms with E-state index in [1.165, 1.54) is 4.31 Å². The van der Waals surface area contributed by atoms with Gasteiger partial charge >= 0.3 is 0 Å². The molecule has 2 aromatic rings. The van der Waals surface area contributed by atoms with Gasteiger partial charge in [0.2, 0.25) is 10.0 Å². The van der Waals surface area contributed by atoms with Crippen molar-refractivity contribution in [3.8, 4) is 11.5 Å². The van der Waals surface area contributed by atoms with Crippen LogP contribution in [0.3, 0.4) is 0 Å². The number of benzene rings is 1. The summed E-state index contributed by atoms with van der Waals surface area (Å²) in [6.45, 7) is 3.68. The first-order valence-electron chi connectivity index (χ1n) is 7.22. The van der Waals surface area contributed by atoms with E-state index < -0.39 is 10.0 Å². The highest BCUT2D eigenvalue weighted by atomic mass is 32.2. The molecule has 8 heteroatoms. The van der Waals surface area contributed by atoms with Crippen molar-refractivity contribution in [2.24, 2.45) is 0 Å². The third kappa shape index (κ3) is 2.97. The Labute approximate surface area is 129 Å². The zero-order chi connectivity index (χ0) is 15.6. The van der Waals surface area contributed by atoms with Crippen LogP contribution in [0.5, 0.6) is 0 Å². The number of aromatic nitrogens is 2. The predicted molar refractivity (Wildman–Crippen MR) is 83.0 cm³/mol. The van der Waals surface area contributed by atoms with Gasteiger partial charge in [0.1, 0.15) is 0 Å². The molecule has 0 bridgehead atoms. The maximum atomic E-state index is 11.8. The zero-order valence-electron chi connectivity index (χ0n) is 12.3. The number of sulfonamides is 1. The molecule has 2 heterocycles. The van der Waals surface area contributed by atoms with Crippen molar-refractivity contribution in [2.75, 3.05) is 36.8 Å². The monoisotopic (exact) mass is 322 g/mol. The minimum absolute atomic E-state index is 0.132. The fourth-order valence-electron chi connectivity index (χ4n) is 2.39. The largest absolute Gasteiger partial charge is 0.336 e. The Bertz CT molecular complexity index is 722. The lowest BCUT2D eigenvalue weighted by molar-refractivity contribution is 0.377. The second kappa shape index (κ2) is 6.05. The Hall–Kier alpha value is -1.93. The molecule has 0 amide bonds. The van der Waals surface area contributed by atoms with Crippen LogP contribution >= 0.6 is 0 Å². The number of nitrogens with zero attached hydrogens (tertiary/aromatic N) is 4. The summed E-state index contributed by atoms with van der Waals surface area (Å²) in [5.41, 5.74) is 0.869. The van der Waals surface area contributed by atoms with E-state index in [0.717, 1.165) is 5.56 Å². The Morgan fingerprint density at radius 3 is 2.45 bits per heavy atom. The van der Waals surface area contributed by atoms with E-state index in [1.54, 1.807) is 6.92 Å².